The largest absolute Gasteiger partial charge is 0.418 e. The standard InChI is InChI=1S/C23H24F6N2O2/c24-22(25,26)16-8-6-15(7-9-16)21(33,13-14-4-2-1-3-5-14)20(32)31-17-10-11-19(30)18(12-17)23(27,28)29/h1-5,10-12,15-16,33H,6-9,13,30H2,(H,31,32). The van der Waals surface area contributed by atoms with Crippen LogP contribution in [-0.2, 0) is 17.4 Å². The van der Waals surface area contributed by atoms with Crippen LogP contribution < -0.4 is 11.1 Å². The van der Waals surface area contributed by atoms with Crippen LogP contribution in [0.15, 0.2) is 48.5 Å². The molecule has 0 radical (unpaired) electrons. The summed E-state index contributed by atoms with van der Waals surface area (Å²) in [4.78, 5) is 13.2. The maximum atomic E-state index is 13.2. The van der Waals surface area contributed by atoms with E-state index in [1.807, 2.05) is 0 Å². The summed E-state index contributed by atoms with van der Waals surface area (Å²) < 4.78 is 78.8. The van der Waals surface area contributed by atoms with Crippen LogP contribution in [0.5, 0.6) is 0 Å². The number of rotatable bonds is 5. The van der Waals surface area contributed by atoms with E-state index in [1.54, 1.807) is 30.3 Å². The third-order valence-corrected chi connectivity index (χ3v) is 6.19. The highest BCUT2D eigenvalue weighted by atomic mass is 19.4. The van der Waals surface area contributed by atoms with Gasteiger partial charge in [-0.15, -0.1) is 0 Å². The van der Waals surface area contributed by atoms with Gasteiger partial charge in [0.1, 0.15) is 5.60 Å². The Bertz CT molecular complexity index is 969. The van der Waals surface area contributed by atoms with Crippen molar-refractivity contribution in [2.45, 2.75) is 50.1 Å². The molecule has 1 fully saturated rings. The van der Waals surface area contributed by atoms with Crippen LogP contribution in [0, 0.1) is 11.8 Å². The molecule has 1 unspecified atom stereocenters. The Morgan fingerprint density at radius 3 is 2.06 bits per heavy atom. The van der Waals surface area contributed by atoms with Crippen molar-refractivity contribution in [3.63, 3.8) is 0 Å². The highest BCUT2D eigenvalue weighted by molar-refractivity contribution is 5.98. The normalized spacial score (nSPS) is 21.3. The quantitative estimate of drug-likeness (QED) is 0.392. The molecule has 10 heteroatoms. The van der Waals surface area contributed by atoms with E-state index in [0.717, 1.165) is 6.07 Å². The summed E-state index contributed by atoms with van der Waals surface area (Å²) in [5, 5.41) is 13.8. The lowest BCUT2D eigenvalue weighted by Crippen LogP contribution is -2.52. The van der Waals surface area contributed by atoms with Gasteiger partial charge in [0.2, 0.25) is 0 Å². The zero-order valence-electron chi connectivity index (χ0n) is 17.5. The number of amides is 1. The third-order valence-electron chi connectivity index (χ3n) is 6.19. The minimum atomic E-state index is -4.75. The molecule has 180 valence electrons. The van der Waals surface area contributed by atoms with Gasteiger partial charge in [0.15, 0.2) is 0 Å². The molecule has 2 aromatic rings. The van der Waals surface area contributed by atoms with Crippen molar-refractivity contribution in [1.29, 1.82) is 0 Å². The van der Waals surface area contributed by atoms with Crippen molar-refractivity contribution in [1.82, 2.24) is 0 Å². The Morgan fingerprint density at radius 2 is 1.52 bits per heavy atom. The first-order chi connectivity index (χ1) is 15.3. The van der Waals surface area contributed by atoms with E-state index < -0.39 is 46.9 Å². The molecule has 0 heterocycles. The molecule has 1 amide bonds. The van der Waals surface area contributed by atoms with E-state index in [4.69, 9.17) is 5.73 Å². The summed E-state index contributed by atoms with van der Waals surface area (Å²) >= 11 is 0. The van der Waals surface area contributed by atoms with Crippen molar-refractivity contribution < 1.29 is 36.2 Å². The number of hydrogen-bond donors (Lipinski definition) is 3. The van der Waals surface area contributed by atoms with E-state index >= 15 is 0 Å². The molecule has 0 saturated heterocycles. The van der Waals surface area contributed by atoms with E-state index in [2.05, 4.69) is 5.32 Å². The van der Waals surface area contributed by atoms with Crippen LogP contribution in [0.25, 0.3) is 0 Å². The molecule has 4 N–H and O–H groups in total. The van der Waals surface area contributed by atoms with E-state index in [-0.39, 0.29) is 37.8 Å². The second-order valence-electron chi connectivity index (χ2n) is 8.43. The Hall–Kier alpha value is -2.75. The topological polar surface area (TPSA) is 75.3 Å². The SMILES string of the molecule is Nc1ccc(NC(=O)C(O)(Cc2ccccc2)C2CCC(C(F)(F)F)CC2)cc1C(F)(F)F. The fourth-order valence-corrected chi connectivity index (χ4v) is 4.33. The summed E-state index contributed by atoms with van der Waals surface area (Å²) in [6.45, 7) is 0. The molecule has 0 bridgehead atoms. The summed E-state index contributed by atoms with van der Waals surface area (Å²) in [6, 6.07) is 11.2. The molecular formula is C23H24F6N2O2. The van der Waals surface area contributed by atoms with E-state index in [1.165, 1.54) is 6.07 Å². The van der Waals surface area contributed by atoms with Gasteiger partial charge in [-0.2, -0.15) is 26.3 Å². The average molecular weight is 474 g/mol. The molecule has 1 saturated carbocycles. The van der Waals surface area contributed by atoms with E-state index in [0.29, 0.717) is 11.6 Å². The molecule has 33 heavy (non-hydrogen) atoms. The summed E-state index contributed by atoms with van der Waals surface area (Å²) in [5.74, 6) is -3.28. The lowest BCUT2D eigenvalue weighted by molar-refractivity contribution is -0.189. The Kier molecular flexibility index (Phi) is 6.97. The van der Waals surface area contributed by atoms with Crippen molar-refractivity contribution in [2.24, 2.45) is 11.8 Å². The monoisotopic (exact) mass is 474 g/mol. The van der Waals surface area contributed by atoms with Crippen LogP contribution in [0.1, 0.15) is 36.8 Å². The van der Waals surface area contributed by atoms with Gasteiger partial charge in [0.25, 0.3) is 5.91 Å². The van der Waals surface area contributed by atoms with Crippen molar-refractivity contribution >= 4 is 17.3 Å². The van der Waals surface area contributed by atoms with Gasteiger partial charge in [-0.3, -0.25) is 4.79 Å². The molecule has 1 atom stereocenters. The lowest BCUT2D eigenvalue weighted by atomic mass is 9.70. The highest BCUT2D eigenvalue weighted by Gasteiger charge is 2.49. The minimum Gasteiger partial charge on any atom is -0.398 e. The maximum absolute atomic E-state index is 13.2. The number of anilines is 2. The molecule has 3 rings (SSSR count). The fraction of sp³-hybridized carbons (Fsp3) is 0.435. The highest BCUT2D eigenvalue weighted by Crippen LogP contribution is 2.44. The summed E-state index contributed by atoms with van der Waals surface area (Å²) in [7, 11) is 0. The first kappa shape index (κ1) is 24.9. The zero-order chi connectivity index (χ0) is 24.4. The molecule has 4 nitrogen and oxygen atoms in total. The van der Waals surface area contributed by atoms with Gasteiger partial charge in [-0.25, -0.2) is 0 Å². The molecule has 0 aliphatic heterocycles. The number of carbonyl (C=O) groups is 1. The number of benzene rings is 2. The summed E-state index contributed by atoms with van der Waals surface area (Å²) in [6.07, 6.45) is -9.86. The number of halogens is 6. The predicted molar refractivity (Wildman–Crippen MR) is 111 cm³/mol. The van der Waals surface area contributed by atoms with Gasteiger partial charge in [0.05, 0.1) is 11.5 Å². The lowest BCUT2D eigenvalue weighted by Gasteiger charge is -2.39. The molecular weight excluding hydrogens is 450 g/mol. The number of hydrogen-bond acceptors (Lipinski definition) is 3. The molecule has 0 aromatic heterocycles. The number of nitrogen functional groups attached to an aromatic ring is 1. The molecule has 1 aliphatic rings. The Labute approximate surface area is 186 Å². The van der Waals surface area contributed by atoms with Crippen molar-refractivity contribution in [3.05, 3.63) is 59.7 Å². The predicted octanol–water partition coefficient (Wildman–Crippen LogP) is 5.57. The molecule has 2 aromatic carbocycles. The second kappa shape index (κ2) is 9.24. The van der Waals surface area contributed by atoms with Crippen LogP contribution in [0.4, 0.5) is 37.7 Å². The number of alkyl halides is 6. The van der Waals surface area contributed by atoms with Gasteiger partial charge in [-0.05, 0) is 55.4 Å². The maximum Gasteiger partial charge on any atom is 0.418 e. The second-order valence-corrected chi connectivity index (χ2v) is 8.43. The zero-order valence-corrected chi connectivity index (χ0v) is 17.5. The van der Waals surface area contributed by atoms with Crippen molar-refractivity contribution in [2.75, 3.05) is 11.1 Å². The number of nitrogens with one attached hydrogen (secondary N) is 1. The Morgan fingerprint density at radius 1 is 0.939 bits per heavy atom. The van der Waals surface area contributed by atoms with Gasteiger partial charge in [-0.1, -0.05) is 30.3 Å². The first-order valence-electron chi connectivity index (χ1n) is 10.4. The number of aliphatic hydroxyl groups is 1. The average Bonchev–Trinajstić information content (AvgIpc) is 2.74. The smallest absolute Gasteiger partial charge is 0.398 e. The molecule has 0 spiro atoms. The molecule has 1 aliphatic carbocycles. The first-order valence-corrected chi connectivity index (χ1v) is 10.4. The van der Waals surface area contributed by atoms with Crippen LogP contribution in [0.2, 0.25) is 0 Å². The fourth-order valence-electron chi connectivity index (χ4n) is 4.33. The number of nitrogens with two attached hydrogens (primary N) is 1. The van der Waals surface area contributed by atoms with Gasteiger partial charge in [0, 0.05) is 17.8 Å². The van der Waals surface area contributed by atoms with Crippen LogP contribution in [0.3, 0.4) is 0 Å². The van der Waals surface area contributed by atoms with Crippen molar-refractivity contribution in [3.8, 4) is 0 Å². The third kappa shape index (κ3) is 5.79. The minimum absolute atomic E-state index is 0.0452. The summed E-state index contributed by atoms with van der Waals surface area (Å²) in [5.41, 5.74) is 1.95. The number of carbonyl (C=O) groups excluding carboxylic acids is 1. The van der Waals surface area contributed by atoms with Crippen LogP contribution >= 0.6 is 0 Å². The van der Waals surface area contributed by atoms with Crippen LogP contribution in [-0.4, -0.2) is 22.8 Å². The van der Waals surface area contributed by atoms with Gasteiger partial charge >= 0.3 is 12.4 Å². The Balaban J connectivity index is 1.87. The van der Waals surface area contributed by atoms with E-state index in [9.17, 15) is 36.2 Å². The van der Waals surface area contributed by atoms with Gasteiger partial charge < -0.3 is 16.2 Å².